The van der Waals surface area contributed by atoms with Crippen LogP contribution in [0.25, 0.3) is 11.1 Å². The number of anilines is 1. The Hall–Kier alpha value is -3.33. The number of nitrogens with two attached hydrogens (primary N) is 2. The lowest BCUT2D eigenvalue weighted by Gasteiger charge is -2.22. The summed E-state index contributed by atoms with van der Waals surface area (Å²) in [5.41, 5.74) is 10.0. The second kappa shape index (κ2) is 9.24. The second-order valence-corrected chi connectivity index (χ2v) is 6.72. The number of esters is 1. The van der Waals surface area contributed by atoms with Gasteiger partial charge in [-0.15, -0.1) is 0 Å². The molecule has 0 fully saturated rings. The number of nitrogen functional groups attached to an aromatic ring is 1. The van der Waals surface area contributed by atoms with Gasteiger partial charge in [0.05, 0.1) is 24.6 Å². The van der Waals surface area contributed by atoms with Crippen molar-refractivity contribution >= 4 is 17.6 Å². The lowest BCUT2D eigenvalue weighted by molar-refractivity contribution is -0.146. The molecule has 0 radical (unpaired) electrons. The van der Waals surface area contributed by atoms with E-state index in [4.69, 9.17) is 16.3 Å². The second-order valence-electron chi connectivity index (χ2n) is 6.72. The highest BCUT2D eigenvalue weighted by Gasteiger charge is 2.30. The Morgan fingerprint density at radius 1 is 1.31 bits per heavy atom. The summed E-state index contributed by atoms with van der Waals surface area (Å²) in [7, 11) is 1.35. The SMILES string of the molecule is COC(=O)C(C)(C)c1ccc(-c2cnc(N)c(C(=NC/C(F)=C/F)NN)c2)cc1. The Balaban J connectivity index is 2.39. The average molecular weight is 403 g/mol. The van der Waals surface area contributed by atoms with Crippen LogP contribution in [0.1, 0.15) is 25.0 Å². The molecule has 154 valence electrons. The number of aliphatic imine (C=N–C) groups is 1. The van der Waals surface area contributed by atoms with Crippen LogP contribution in [0.3, 0.4) is 0 Å². The van der Waals surface area contributed by atoms with E-state index in [1.54, 1.807) is 26.1 Å². The fourth-order valence-corrected chi connectivity index (χ4v) is 2.67. The van der Waals surface area contributed by atoms with Crippen molar-refractivity contribution in [2.75, 3.05) is 19.4 Å². The minimum Gasteiger partial charge on any atom is -0.468 e. The highest BCUT2D eigenvalue weighted by atomic mass is 19.2. The lowest BCUT2D eigenvalue weighted by Crippen LogP contribution is -2.32. The number of nitrogens with zero attached hydrogens (tertiary/aromatic N) is 2. The molecular formula is C20H23F2N5O2. The number of aromatic nitrogens is 1. The molecule has 0 atom stereocenters. The summed E-state index contributed by atoms with van der Waals surface area (Å²) in [6, 6.07) is 8.97. The van der Waals surface area contributed by atoms with Crippen molar-refractivity contribution < 1.29 is 18.3 Å². The van der Waals surface area contributed by atoms with E-state index in [1.165, 1.54) is 7.11 Å². The minimum atomic E-state index is -1.05. The molecule has 1 aromatic heterocycles. The molecule has 0 amide bonds. The monoisotopic (exact) mass is 403 g/mol. The standard InChI is InChI=1S/C20H23F2N5O2/c1-20(2,19(28)29-3)14-6-4-12(5-7-14)13-8-16(17(23)25-10-13)18(27-24)26-11-15(22)9-21/h4-10H,11,24H2,1-3H3,(H2,23,25)(H,26,27)/b15-9-. The molecular weight excluding hydrogens is 380 g/mol. The average Bonchev–Trinajstić information content (AvgIpc) is 2.74. The molecule has 0 aliphatic rings. The molecule has 0 aliphatic carbocycles. The van der Waals surface area contributed by atoms with Crippen LogP contribution in [0.5, 0.6) is 0 Å². The zero-order chi connectivity index (χ0) is 21.6. The first-order valence-electron chi connectivity index (χ1n) is 8.65. The molecule has 0 spiro atoms. The lowest BCUT2D eigenvalue weighted by atomic mass is 9.84. The van der Waals surface area contributed by atoms with E-state index in [-0.39, 0.29) is 24.0 Å². The van der Waals surface area contributed by atoms with Gasteiger partial charge in [-0.2, -0.15) is 0 Å². The Kier molecular flexibility index (Phi) is 7.00. The van der Waals surface area contributed by atoms with Gasteiger partial charge in [0, 0.05) is 11.8 Å². The number of hydrazine groups is 1. The predicted octanol–water partition coefficient (Wildman–Crippen LogP) is 2.77. The van der Waals surface area contributed by atoms with Crippen LogP contribution in [0.2, 0.25) is 0 Å². The fraction of sp³-hybridized carbons (Fsp3) is 0.250. The first-order chi connectivity index (χ1) is 13.7. The quantitative estimate of drug-likeness (QED) is 0.225. The van der Waals surface area contributed by atoms with Gasteiger partial charge in [-0.3, -0.25) is 9.79 Å². The summed E-state index contributed by atoms with van der Waals surface area (Å²) >= 11 is 0. The third-order valence-electron chi connectivity index (χ3n) is 4.45. The summed E-state index contributed by atoms with van der Waals surface area (Å²) in [6.07, 6.45) is 1.39. The normalized spacial score (nSPS) is 12.6. The first-order valence-corrected chi connectivity index (χ1v) is 8.65. The van der Waals surface area contributed by atoms with E-state index in [2.05, 4.69) is 15.4 Å². The Morgan fingerprint density at radius 3 is 2.52 bits per heavy atom. The molecule has 0 saturated carbocycles. The first kappa shape index (κ1) is 22.0. The summed E-state index contributed by atoms with van der Waals surface area (Å²) in [5.74, 6) is 4.25. The van der Waals surface area contributed by atoms with Gasteiger partial charge in [-0.25, -0.2) is 19.6 Å². The van der Waals surface area contributed by atoms with Crippen molar-refractivity contribution in [3.05, 3.63) is 59.8 Å². The van der Waals surface area contributed by atoms with Crippen molar-refractivity contribution in [3.63, 3.8) is 0 Å². The van der Waals surface area contributed by atoms with Crippen molar-refractivity contribution in [3.8, 4) is 11.1 Å². The van der Waals surface area contributed by atoms with Gasteiger partial charge in [0.15, 0.2) is 0 Å². The number of methoxy groups -OCH3 is 1. The number of nitrogens with one attached hydrogen (secondary N) is 1. The van der Waals surface area contributed by atoms with Gasteiger partial charge >= 0.3 is 5.97 Å². The summed E-state index contributed by atoms with van der Waals surface area (Å²) in [5, 5.41) is 0. The molecule has 2 rings (SSSR count). The van der Waals surface area contributed by atoms with Crippen molar-refractivity contribution in [2.45, 2.75) is 19.3 Å². The van der Waals surface area contributed by atoms with Crippen LogP contribution in [-0.2, 0) is 14.9 Å². The van der Waals surface area contributed by atoms with E-state index in [1.807, 2.05) is 24.3 Å². The Bertz CT molecular complexity index is 940. The zero-order valence-corrected chi connectivity index (χ0v) is 16.4. The van der Waals surface area contributed by atoms with Crippen molar-refractivity contribution in [1.29, 1.82) is 0 Å². The predicted molar refractivity (Wildman–Crippen MR) is 108 cm³/mol. The molecule has 1 aromatic carbocycles. The highest BCUT2D eigenvalue weighted by molar-refractivity contribution is 6.03. The highest BCUT2D eigenvalue weighted by Crippen LogP contribution is 2.28. The number of hydrogen-bond acceptors (Lipinski definition) is 6. The Morgan fingerprint density at radius 2 is 1.97 bits per heavy atom. The largest absolute Gasteiger partial charge is 0.468 e. The number of carbonyl (C=O) groups excluding carboxylic acids is 1. The molecule has 0 bridgehead atoms. The molecule has 1 heterocycles. The van der Waals surface area contributed by atoms with Gasteiger partial charge in [0.1, 0.15) is 23.8 Å². The van der Waals surface area contributed by atoms with Crippen LogP contribution in [0.4, 0.5) is 14.6 Å². The van der Waals surface area contributed by atoms with Crippen LogP contribution in [0, 0.1) is 0 Å². The van der Waals surface area contributed by atoms with E-state index in [0.717, 1.165) is 11.1 Å². The maximum atomic E-state index is 13.0. The van der Waals surface area contributed by atoms with Gasteiger partial charge in [0.2, 0.25) is 0 Å². The zero-order valence-electron chi connectivity index (χ0n) is 16.4. The molecule has 5 N–H and O–H groups in total. The van der Waals surface area contributed by atoms with Crippen LogP contribution < -0.4 is 17.0 Å². The van der Waals surface area contributed by atoms with E-state index in [0.29, 0.717) is 11.1 Å². The fourth-order valence-electron chi connectivity index (χ4n) is 2.67. The van der Waals surface area contributed by atoms with Crippen LogP contribution in [-0.4, -0.2) is 30.4 Å². The van der Waals surface area contributed by atoms with Gasteiger partial charge in [0.25, 0.3) is 0 Å². The number of pyridine rings is 1. The molecule has 0 unspecified atom stereocenters. The number of ether oxygens (including phenoxy) is 1. The van der Waals surface area contributed by atoms with Gasteiger partial charge < -0.3 is 15.9 Å². The maximum absolute atomic E-state index is 13.0. The molecule has 29 heavy (non-hydrogen) atoms. The number of benzene rings is 1. The number of amidine groups is 1. The van der Waals surface area contributed by atoms with Crippen LogP contribution in [0.15, 0.2) is 53.7 Å². The van der Waals surface area contributed by atoms with Gasteiger partial charge in [-0.05, 0) is 31.0 Å². The summed E-state index contributed by atoms with van der Waals surface area (Å²) in [6.45, 7) is 3.02. The number of halogens is 2. The third kappa shape index (κ3) is 4.94. The maximum Gasteiger partial charge on any atom is 0.315 e. The van der Waals surface area contributed by atoms with Crippen LogP contribution >= 0.6 is 0 Å². The number of hydrogen-bond donors (Lipinski definition) is 3. The molecule has 9 heteroatoms. The molecule has 2 aromatic rings. The molecule has 7 nitrogen and oxygen atoms in total. The van der Waals surface area contributed by atoms with E-state index >= 15 is 0 Å². The number of carbonyl (C=O) groups is 1. The topological polar surface area (TPSA) is 116 Å². The minimum absolute atomic E-state index is 0.0669. The van der Waals surface area contributed by atoms with Crippen molar-refractivity contribution in [1.82, 2.24) is 10.4 Å². The molecule has 0 saturated heterocycles. The molecule has 0 aliphatic heterocycles. The Labute approximate surface area is 167 Å². The van der Waals surface area contributed by atoms with E-state index < -0.39 is 17.8 Å². The van der Waals surface area contributed by atoms with E-state index in [9.17, 15) is 13.6 Å². The smallest absolute Gasteiger partial charge is 0.315 e. The summed E-state index contributed by atoms with van der Waals surface area (Å²) in [4.78, 5) is 20.0. The van der Waals surface area contributed by atoms with Crippen molar-refractivity contribution in [2.24, 2.45) is 10.8 Å². The summed E-state index contributed by atoms with van der Waals surface area (Å²) < 4.78 is 30.1. The number of rotatable bonds is 6. The van der Waals surface area contributed by atoms with Gasteiger partial charge in [-0.1, -0.05) is 24.3 Å². The third-order valence-corrected chi connectivity index (χ3v) is 4.45.